The van der Waals surface area contributed by atoms with Crippen molar-refractivity contribution >= 4 is 0 Å². The van der Waals surface area contributed by atoms with Crippen molar-refractivity contribution in [3.8, 4) is 6.07 Å². The molecular formula is C26H42N4. The molecule has 0 spiro atoms. The van der Waals surface area contributed by atoms with Gasteiger partial charge < -0.3 is 16.0 Å². The molecule has 3 rings (SSSR count). The van der Waals surface area contributed by atoms with Gasteiger partial charge in [0.25, 0.3) is 0 Å². The largest absolute Gasteiger partial charge is 0.328 e. The van der Waals surface area contributed by atoms with Crippen molar-refractivity contribution < 1.29 is 0 Å². The van der Waals surface area contributed by atoms with Gasteiger partial charge in [0.05, 0.1) is 11.5 Å². The predicted octanol–water partition coefficient (Wildman–Crippen LogP) is 4.76. The van der Waals surface area contributed by atoms with Gasteiger partial charge in [-0.2, -0.15) is 5.26 Å². The average molecular weight is 411 g/mol. The van der Waals surface area contributed by atoms with Crippen molar-refractivity contribution in [2.45, 2.75) is 52.5 Å². The van der Waals surface area contributed by atoms with Crippen LogP contribution in [0.3, 0.4) is 0 Å². The Kier molecular flexibility index (Phi) is 13.0. The lowest BCUT2D eigenvalue weighted by Crippen LogP contribution is -2.39. The van der Waals surface area contributed by atoms with Crippen LogP contribution in [0.25, 0.3) is 0 Å². The van der Waals surface area contributed by atoms with E-state index in [-0.39, 0.29) is 5.41 Å². The van der Waals surface area contributed by atoms with Crippen molar-refractivity contribution in [2.24, 2.45) is 17.1 Å². The van der Waals surface area contributed by atoms with Gasteiger partial charge in [-0.3, -0.25) is 0 Å². The highest BCUT2D eigenvalue weighted by Crippen LogP contribution is 2.41. The fourth-order valence-electron chi connectivity index (χ4n) is 3.80. The van der Waals surface area contributed by atoms with Crippen LogP contribution >= 0.6 is 0 Å². The summed E-state index contributed by atoms with van der Waals surface area (Å²) < 4.78 is 0. The van der Waals surface area contributed by atoms with E-state index in [0.717, 1.165) is 51.9 Å². The first-order valence-electron chi connectivity index (χ1n) is 11.3. The molecule has 0 radical (unpaired) electrons. The van der Waals surface area contributed by atoms with Crippen molar-refractivity contribution in [3.63, 3.8) is 0 Å². The van der Waals surface area contributed by atoms with E-state index in [0.29, 0.717) is 12.0 Å². The number of likely N-dealkylation sites (tertiary alicyclic amines) is 1. The fraction of sp³-hybridized carbons (Fsp3) is 0.577. The lowest BCUT2D eigenvalue weighted by molar-refractivity contribution is 0.189. The third-order valence-electron chi connectivity index (χ3n) is 5.75. The number of nitrogens with zero attached hydrogens (tertiary/aromatic N) is 2. The number of hydrogen-bond acceptors (Lipinski definition) is 4. The fourth-order valence-corrected chi connectivity index (χ4v) is 3.80. The van der Waals surface area contributed by atoms with Crippen LogP contribution in [-0.4, -0.2) is 44.2 Å². The molecule has 166 valence electrons. The molecule has 1 aromatic carbocycles. The summed E-state index contributed by atoms with van der Waals surface area (Å²) in [5.41, 5.74) is 6.66. The van der Waals surface area contributed by atoms with E-state index in [2.05, 4.69) is 49.3 Å². The first kappa shape index (κ1) is 26.1. The third kappa shape index (κ3) is 9.71. The molecule has 0 amide bonds. The minimum Gasteiger partial charge on any atom is -0.328 e. The molecule has 2 fully saturated rings. The van der Waals surface area contributed by atoms with Gasteiger partial charge in [0.2, 0.25) is 0 Å². The maximum absolute atomic E-state index is 9.61. The highest BCUT2D eigenvalue weighted by atomic mass is 15.1. The van der Waals surface area contributed by atoms with E-state index in [1.165, 1.54) is 5.57 Å². The van der Waals surface area contributed by atoms with Gasteiger partial charge in [-0.1, -0.05) is 68.5 Å². The number of benzene rings is 1. The van der Waals surface area contributed by atoms with E-state index in [1.54, 1.807) is 0 Å². The minimum absolute atomic E-state index is 0.236. The maximum atomic E-state index is 9.61. The summed E-state index contributed by atoms with van der Waals surface area (Å²) >= 11 is 0. The smallest absolute Gasteiger partial charge is 0.0812 e. The second-order valence-corrected chi connectivity index (χ2v) is 8.54. The van der Waals surface area contributed by atoms with Gasteiger partial charge in [0.1, 0.15) is 0 Å². The van der Waals surface area contributed by atoms with Crippen LogP contribution in [0.2, 0.25) is 0 Å². The average Bonchev–Trinajstić information content (AvgIpc) is 2.78. The minimum atomic E-state index is -0.236. The molecule has 4 nitrogen and oxygen atoms in total. The summed E-state index contributed by atoms with van der Waals surface area (Å²) in [4.78, 5) is 2.31. The Bertz CT molecular complexity index is 617. The Morgan fingerprint density at radius 3 is 1.93 bits per heavy atom. The number of nitrogens with two attached hydrogens (primary N) is 1. The summed E-state index contributed by atoms with van der Waals surface area (Å²) in [6, 6.07) is 15.1. The quantitative estimate of drug-likeness (QED) is 0.705. The molecule has 0 saturated carbocycles. The van der Waals surface area contributed by atoms with Crippen LogP contribution < -0.4 is 11.1 Å². The molecule has 4 heteroatoms. The number of hydrogen-bond donors (Lipinski definition) is 2. The standard InChI is InChI=1S/C15H24N2.C6H6.C5H12N2/c1-5-6-7-14(13(2)3)15(12-16)8-10-17(4)11-9-15;1-2-4-6-5-3-1;6-5-1-3-7-4-2-5/h5-7,13H,8-11H2,1-4H3;1-6H;5,7H,1-4,6H2/b6-5-,14-7+;;. The number of piperidine rings is 2. The van der Waals surface area contributed by atoms with Crippen molar-refractivity contribution in [1.82, 2.24) is 10.2 Å². The van der Waals surface area contributed by atoms with Crippen molar-refractivity contribution in [3.05, 3.63) is 60.2 Å². The van der Waals surface area contributed by atoms with Gasteiger partial charge in [-0.25, -0.2) is 0 Å². The van der Waals surface area contributed by atoms with E-state index in [4.69, 9.17) is 5.73 Å². The summed E-state index contributed by atoms with van der Waals surface area (Å²) in [5, 5.41) is 12.8. The Balaban J connectivity index is 0.000000279. The zero-order chi connectivity index (χ0) is 22.2. The lowest BCUT2D eigenvalue weighted by atomic mass is 9.69. The Morgan fingerprint density at radius 1 is 1.10 bits per heavy atom. The third-order valence-corrected chi connectivity index (χ3v) is 5.75. The molecule has 0 aliphatic carbocycles. The van der Waals surface area contributed by atoms with Crippen molar-refractivity contribution in [2.75, 3.05) is 33.2 Å². The molecule has 2 heterocycles. The second-order valence-electron chi connectivity index (χ2n) is 8.54. The van der Waals surface area contributed by atoms with Gasteiger partial charge in [-0.15, -0.1) is 0 Å². The number of nitrogens with one attached hydrogen (secondary N) is 1. The molecule has 2 saturated heterocycles. The van der Waals surface area contributed by atoms with Gasteiger partial charge in [0.15, 0.2) is 0 Å². The highest BCUT2D eigenvalue weighted by Gasteiger charge is 2.38. The number of nitriles is 1. The molecule has 1 aromatic rings. The van der Waals surface area contributed by atoms with Gasteiger partial charge in [-0.05, 0) is 77.3 Å². The molecule has 0 bridgehead atoms. The van der Waals surface area contributed by atoms with Crippen LogP contribution in [0.4, 0.5) is 0 Å². The van der Waals surface area contributed by atoms with Crippen LogP contribution in [-0.2, 0) is 0 Å². The first-order valence-corrected chi connectivity index (χ1v) is 11.3. The van der Waals surface area contributed by atoms with Crippen LogP contribution in [0.15, 0.2) is 60.2 Å². The summed E-state index contributed by atoms with van der Waals surface area (Å²) in [6.07, 6.45) is 10.5. The second kappa shape index (κ2) is 15.0. The predicted molar refractivity (Wildman–Crippen MR) is 129 cm³/mol. The van der Waals surface area contributed by atoms with Crippen LogP contribution in [0, 0.1) is 22.7 Å². The topological polar surface area (TPSA) is 65.1 Å². The monoisotopic (exact) mass is 410 g/mol. The molecule has 0 aromatic heterocycles. The Hall–Kier alpha value is -1.93. The summed E-state index contributed by atoms with van der Waals surface area (Å²) in [5.74, 6) is 0.439. The SMILES string of the molecule is C/C=C\C=C(/C(C)C)C1(C#N)CCN(C)CC1.NC1CCNCC1.c1ccccc1. The van der Waals surface area contributed by atoms with Crippen molar-refractivity contribution in [1.29, 1.82) is 5.26 Å². The highest BCUT2D eigenvalue weighted by molar-refractivity contribution is 5.29. The molecule has 30 heavy (non-hydrogen) atoms. The maximum Gasteiger partial charge on any atom is 0.0812 e. The lowest BCUT2D eigenvalue weighted by Gasteiger charge is -2.38. The molecule has 3 N–H and O–H groups in total. The van der Waals surface area contributed by atoms with E-state index < -0.39 is 0 Å². The van der Waals surface area contributed by atoms with Gasteiger partial charge in [0, 0.05) is 6.04 Å². The molecule has 0 atom stereocenters. The van der Waals surface area contributed by atoms with E-state index in [1.807, 2.05) is 49.4 Å². The molecule has 0 unspecified atom stereocenters. The molecule has 2 aliphatic heterocycles. The van der Waals surface area contributed by atoms with Crippen LogP contribution in [0.1, 0.15) is 46.5 Å². The normalized spacial score (nSPS) is 20.0. The Morgan fingerprint density at radius 2 is 1.60 bits per heavy atom. The number of rotatable bonds is 3. The molecule has 2 aliphatic rings. The first-order chi connectivity index (χ1) is 14.4. The zero-order valence-electron chi connectivity index (χ0n) is 19.5. The Labute approximate surface area is 184 Å². The summed E-state index contributed by atoms with van der Waals surface area (Å²) in [6.45, 7) is 10.7. The molecular weight excluding hydrogens is 368 g/mol. The zero-order valence-corrected chi connectivity index (χ0v) is 19.5. The van der Waals surface area contributed by atoms with E-state index in [9.17, 15) is 5.26 Å². The van der Waals surface area contributed by atoms with Crippen LogP contribution in [0.5, 0.6) is 0 Å². The van der Waals surface area contributed by atoms with Gasteiger partial charge >= 0.3 is 0 Å². The van der Waals surface area contributed by atoms with E-state index >= 15 is 0 Å². The summed E-state index contributed by atoms with van der Waals surface area (Å²) in [7, 11) is 2.13. The number of allylic oxidation sites excluding steroid dienone is 4.